The minimum Gasteiger partial charge on any atom is -0.497 e. The number of benzene rings is 1. The number of carbonyl (C=O) groups is 3. The first kappa shape index (κ1) is 26.7. The summed E-state index contributed by atoms with van der Waals surface area (Å²) in [6.45, 7) is 5.23. The summed E-state index contributed by atoms with van der Waals surface area (Å²) in [5.74, 6) is -0.660. The number of carbonyl (C=O) groups excluding carboxylic acids is 3. The number of methoxy groups -OCH3 is 2. The van der Waals surface area contributed by atoms with Gasteiger partial charge in [0.1, 0.15) is 17.4 Å². The van der Waals surface area contributed by atoms with Crippen LogP contribution in [0.5, 0.6) is 5.75 Å². The lowest BCUT2D eigenvalue weighted by Crippen LogP contribution is -2.58. The van der Waals surface area contributed by atoms with E-state index in [9.17, 15) is 14.4 Å². The minimum atomic E-state index is -1.16. The van der Waals surface area contributed by atoms with E-state index in [0.29, 0.717) is 42.8 Å². The van der Waals surface area contributed by atoms with E-state index < -0.39 is 29.6 Å². The van der Waals surface area contributed by atoms with Gasteiger partial charge >= 0.3 is 0 Å². The third kappa shape index (κ3) is 4.49. The van der Waals surface area contributed by atoms with E-state index in [0.717, 1.165) is 19.3 Å². The molecular formula is C29H39N3O6. The molecule has 3 fully saturated rings. The summed E-state index contributed by atoms with van der Waals surface area (Å²) in [4.78, 5) is 43.0. The Morgan fingerprint density at radius 2 is 1.89 bits per heavy atom. The van der Waals surface area contributed by atoms with Gasteiger partial charge < -0.3 is 29.7 Å². The molecular weight excluding hydrogens is 486 g/mol. The van der Waals surface area contributed by atoms with Crippen molar-refractivity contribution in [2.24, 2.45) is 23.7 Å². The number of nitrogens with one attached hydrogen (secondary N) is 2. The van der Waals surface area contributed by atoms with Crippen molar-refractivity contribution in [1.82, 2.24) is 10.2 Å². The van der Waals surface area contributed by atoms with Gasteiger partial charge in [0.15, 0.2) is 0 Å². The largest absolute Gasteiger partial charge is 0.497 e. The molecule has 5 rings (SSSR count). The van der Waals surface area contributed by atoms with Gasteiger partial charge in [0.05, 0.1) is 25.0 Å². The predicted octanol–water partition coefficient (Wildman–Crippen LogP) is 2.76. The molecule has 0 aromatic heterocycles. The standard InChI is InChI=1S/C29H39N3O6/c1-17-7-5-8-21(18(17)2)31-27(34)25-29-14-13-22(38-29)23(24(29)28(35)32(25)15-6-16-36-3)26(33)30-19-9-11-20(37-4)12-10-19/h9-14,17-18,21-25H,5-8,15-16H2,1-4H3,(H,30,33)(H,31,34)/t17?,18?,21?,22-,23?,24-,25?,29?/m0/s1. The lowest BCUT2D eigenvalue weighted by molar-refractivity contribution is -0.141. The third-order valence-electron chi connectivity index (χ3n) is 9.06. The second kappa shape index (κ2) is 10.7. The van der Waals surface area contributed by atoms with E-state index in [1.807, 2.05) is 12.2 Å². The molecule has 1 aromatic rings. The number of fused-ring (bicyclic) bond motifs is 1. The molecule has 3 aliphatic heterocycles. The first-order valence-electron chi connectivity index (χ1n) is 13.7. The zero-order chi connectivity index (χ0) is 27.0. The summed E-state index contributed by atoms with van der Waals surface area (Å²) in [7, 11) is 3.19. The molecule has 38 heavy (non-hydrogen) atoms. The van der Waals surface area contributed by atoms with Crippen LogP contribution in [0, 0.1) is 23.7 Å². The molecule has 0 radical (unpaired) electrons. The molecule has 1 saturated carbocycles. The Morgan fingerprint density at radius 3 is 2.61 bits per heavy atom. The average Bonchev–Trinajstić information content (AvgIpc) is 3.55. The SMILES string of the molecule is COCCCN1C(=O)[C@@H]2C(C(=O)Nc3ccc(OC)cc3)[C@@H]3C=CC2(O3)C1C(=O)NC1CCCC(C)C1C. The molecule has 2 bridgehead atoms. The van der Waals surface area contributed by atoms with Gasteiger partial charge in [-0.3, -0.25) is 14.4 Å². The predicted molar refractivity (Wildman–Crippen MR) is 141 cm³/mol. The lowest BCUT2D eigenvalue weighted by atomic mass is 9.73. The summed E-state index contributed by atoms with van der Waals surface area (Å²) < 4.78 is 16.8. The highest BCUT2D eigenvalue weighted by Gasteiger charge is 2.72. The highest BCUT2D eigenvalue weighted by atomic mass is 16.5. The van der Waals surface area contributed by atoms with Crippen LogP contribution in [0.15, 0.2) is 36.4 Å². The summed E-state index contributed by atoms with van der Waals surface area (Å²) in [5, 5.41) is 6.21. The van der Waals surface area contributed by atoms with Crippen LogP contribution in [-0.2, 0) is 23.9 Å². The van der Waals surface area contributed by atoms with Crippen molar-refractivity contribution in [3.63, 3.8) is 0 Å². The van der Waals surface area contributed by atoms with Gasteiger partial charge in [-0.2, -0.15) is 0 Å². The number of likely N-dealkylation sites (tertiary alicyclic amines) is 1. The fourth-order valence-corrected chi connectivity index (χ4v) is 6.83. The summed E-state index contributed by atoms with van der Waals surface area (Å²) in [6, 6.07) is 6.26. The minimum absolute atomic E-state index is 0.0503. The molecule has 6 unspecified atom stereocenters. The van der Waals surface area contributed by atoms with E-state index in [-0.39, 0.29) is 23.8 Å². The molecule has 4 aliphatic rings. The molecule has 3 heterocycles. The molecule has 2 N–H and O–H groups in total. The van der Waals surface area contributed by atoms with E-state index in [2.05, 4.69) is 24.5 Å². The Kier molecular flexibility index (Phi) is 7.51. The second-order valence-corrected chi connectivity index (χ2v) is 11.2. The number of rotatable bonds is 9. The Balaban J connectivity index is 1.40. The number of hydrogen-bond acceptors (Lipinski definition) is 6. The van der Waals surface area contributed by atoms with Gasteiger partial charge in [-0.15, -0.1) is 0 Å². The van der Waals surface area contributed by atoms with Crippen LogP contribution < -0.4 is 15.4 Å². The van der Waals surface area contributed by atoms with Gasteiger partial charge in [-0.25, -0.2) is 0 Å². The lowest BCUT2D eigenvalue weighted by Gasteiger charge is -2.38. The first-order chi connectivity index (χ1) is 18.3. The monoisotopic (exact) mass is 525 g/mol. The zero-order valence-electron chi connectivity index (χ0n) is 22.6. The van der Waals surface area contributed by atoms with Crippen molar-refractivity contribution < 1.29 is 28.6 Å². The van der Waals surface area contributed by atoms with Gasteiger partial charge in [0.2, 0.25) is 17.7 Å². The van der Waals surface area contributed by atoms with Crippen molar-refractivity contribution in [1.29, 1.82) is 0 Å². The van der Waals surface area contributed by atoms with Crippen LogP contribution in [0.4, 0.5) is 5.69 Å². The van der Waals surface area contributed by atoms with Crippen LogP contribution in [0.1, 0.15) is 39.5 Å². The molecule has 206 valence electrons. The number of ether oxygens (including phenoxy) is 3. The molecule has 2 saturated heterocycles. The van der Waals surface area contributed by atoms with Crippen LogP contribution in [0.25, 0.3) is 0 Å². The highest BCUT2D eigenvalue weighted by molar-refractivity contribution is 6.02. The molecule has 1 spiro atoms. The number of nitrogens with zero attached hydrogens (tertiary/aromatic N) is 1. The summed E-state index contributed by atoms with van der Waals surface area (Å²) in [5.41, 5.74) is -0.557. The maximum atomic E-state index is 13.9. The van der Waals surface area contributed by atoms with Gasteiger partial charge in [-0.05, 0) is 48.9 Å². The molecule has 3 amide bonds. The normalized spacial score (nSPS) is 35.3. The molecule has 1 aromatic carbocycles. The Morgan fingerprint density at radius 1 is 1.13 bits per heavy atom. The second-order valence-electron chi connectivity index (χ2n) is 11.2. The van der Waals surface area contributed by atoms with E-state index >= 15 is 0 Å². The maximum absolute atomic E-state index is 13.9. The molecule has 1 aliphatic carbocycles. The third-order valence-corrected chi connectivity index (χ3v) is 9.06. The van der Waals surface area contributed by atoms with E-state index in [1.165, 1.54) is 0 Å². The van der Waals surface area contributed by atoms with Crippen LogP contribution in [0.3, 0.4) is 0 Å². The fraction of sp³-hybridized carbons (Fsp3) is 0.621. The average molecular weight is 526 g/mol. The summed E-state index contributed by atoms with van der Waals surface area (Å²) in [6.07, 6.45) is 6.86. The quantitative estimate of drug-likeness (QED) is 0.379. The number of anilines is 1. The van der Waals surface area contributed by atoms with Gasteiger partial charge in [0, 0.05) is 32.0 Å². The number of hydrogen-bond donors (Lipinski definition) is 2. The Hall–Kier alpha value is -2.91. The van der Waals surface area contributed by atoms with Gasteiger partial charge in [0.25, 0.3) is 0 Å². The van der Waals surface area contributed by atoms with E-state index in [1.54, 1.807) is 43.4 Å². The van der Waals surface area contributed by atoms with Crippen molar-refractivity contribution in [2.45, 2.75) is 63.3 Å². The molecule has 8 atom stereocenters. The number of amides is 3. The topological polar surface area (TPSA) is 106 Å². The smallest absolute Gasteiger partial charge is 0.246 e. The Bertz CT molecular complexity index is 1090. The van der Waals surface area contributed by atoms with Crippen molar-refractivity contribution in [2.75, 3.05) is 32.7 Å². The fourth-order valence-electron chi connectivity index (χ4n) is 6.83. The maximum Gasteiger partial charge on any atom is 0.246 e. The highest BCUT2D eigenvalue weighted by Crippen LogP contribution is 2.55. The molecule has 9 heteroatoms. The molecule has 9 nitrogen and oxygen atoms in total. The van der Waals surface area contributed by atoms with Crippen molar-refractivity contribution in [3.05, 3.63) is 36.4 Å². The van der Waals surface area contributed by atoms with Crippen LogP contribution in [0.2, 0.25) is 0 Å². The zero-order valence-corrected chi connectivity index (χ0v) is 22.6. The Labute approximate surface area is 224 Å². The van der Waals surface area contributed by atoms with Crippen molar-refractivity contribution in [3.8, 4) is 5.75 Å². The van der Waals surface area contributed by atoms with Crippen LogP contribution in [-0.4, -0.2) is 73.8 Å². The van der Waals surface area contributed by atoms with E-state index in [4.69, 9.17) is 14.2 Å². The van der Waals surface area contributed by atoms with Crippen LogP contribution >= 0.6 is 0 Å². The van der Waals surface area contributed by atoms with Gasteiger partial charge in [-0.1, -0.05) is 38.8 Å². The van der Waals surface area contributed by atoms with Crippen molar-refractivity contribution >= 4 is 23.4 Å². The first-order valence-corrected chi connectivity index (χ1v) is 13.7. The summed E-state index contributed by atoms with van der Waals surface area (Å²) >= 11 is 0.